The fourth-order valence-electron chi connectivity index (χ4n) is 3.06. The summed E-state index contributed by atoms with van der Waals surface area (Å²) in [6.45, 7) is 3.47. The lowest BCUT2D eigenvalue weighted by Gasteiger charge is -2.25. The van der Waals surface area contributed by atoms with Crippen molar-refractivity contribution >= 4 is 21.6 Å². The highest BCUT2D eigenvalue weighted by Gasteiger charge is 2.23. The number of benzene rings is 2. The SMILES string of the molecule is CCc1ccccc1N(CC(=O)N[C@H](C)c1ccc(OC)c(OC)c1)S(C)(=O)=O. The molecule has 0 saturated carbocycles. The molecule has 0 radical (unpaired) electrons. The van der Waals surface area contributed by atoms with Crippen LogP contribution in [0, 0.1) is 0 Å². The van der Waals surface area contributed by atoms with E-state index < -0.39 is 15.9 Å². The Kier molecular flexibility index (Phi) is 7.50. The van der Waals surface area contributed by atoms with Crippen LogP contribution < -0.4 is 19.1 Å². The monoisotopic (exact) mass is 420 g/mol. The molecular formula is C21H28N2O5S. The molecule has 2 aromatic rings. The van der Waals surface area contributed by atoms with Crippen LogP contribution >= 0.6 is 0 Å². The summed E-state index contributed by atoms with van der Waals surface area (Å²) in [4.78, 5) is 12.7. The molecule has 2 aromatic carbocycles. The van der Waals surface area contributed by atoms with Crippen LogP contribution in [0.25, 0.3) is 0 Å². The molecular weight excluding hydrogens is 392 g/mol. The van der Waals surface area contributed by atoms with Crippen LogP contribution in [0.3, 0.4) is 0 Å². The third-order valence-electron chi connectivity index (χ3n) is 4.61. The van der Waals surface area contributed by atoms with Crippen molar-refractivity contribution in [3.63, 3.8) is 0 Å². The number of amides is 1. The first kappa shape index (κ1) is 22.5. The largest absolute Gasteiger partial charge is 0.493 e. The second kappa shape index (κ2) is 9.65. The summed E-state index contributed by atoms with van der Waals surface area (Å²) >= 11 is 0. The van der Waals surface area contributed by atoms with Gasteiger partial charge in [-0.1, -0.05) is 31.2 Å². The summed E-state index contributed by atoms with van der Waals surface area (Å²) in [7, 11) is -0.536. The van der Waals surface area contributed by atoms with Gasteiger partial charge in [0.25, 0.3) is 0 Å². The molecule has 0 saturated heterocycles. The maximum atomic E-state index is 12.7. The average Bonchev–Trinajstić information content (AvgIpc) is 2.70. The van der Waals surface area contributed by atoms with E-state index >= 15 is 0 Å². The number of nitrogens with one attached hydrogen (secondary N) is 1. The molecule has 29 heavy (non-hydrogen) atoms. The van der Waals surface area contributed by atoms with E-state index in [2.05, 4.69) is 5.32 Å². The Morgan fingerprint density at radius 1 is 1.10 bits per heavy atom. The zero-order valence-corrected chi connectivity index (χ0v) is 18.2. The molecule has 0 aliphatic heterocycles. The first-order chi connectivity index (χ1) is 13.7. The van der Waals surface area contributed by atoms with Gasteiger partial charge in [0.05, 0.1) is 32.2 Å². The molecule has 7 nitrogen and oxygen atoms in total. The van der Waals surface area contributed by atoms with Crippen molar-refractivity contribution in [2.24, 2.45) is 0 Å². The highest BCUT2D eigenvalue weighted by atomic mass is 32.2. The molecule has 0 unspecified atom stereocenters. The highest BCUT2D eigenvalue weighted by Crippen LogP contribution is 2.30. The van der Waals surface area contributed by atoms with Crippen molar-refractivity contribution in [2.75, 3.05) is 31.3 Å². The van der Waals surface area contributed by atoms with Gasteiger partial charge in [-0.25, -0.2) is 8.42 Å². The van der Waals surface area contributed by atoms with Gasteiger partial charge in [-0.15, -0.1) is 0 Å². The standard InChI is InChI=1S/C21H28N2O5S/c1-6-16-9-7-8-10-18(16)23(29(5,25)26)14-21(24)22-15(2)17-11-12-19(27-3)20(13-17)28-4/h7-13,15H,6,14H2,1-5H3,(H,22,24)/t15-/m1/s1. The minimum absolute atomic E-state index is 0.298. The quantitative estimate of drug-likeness (QED) is 0.674. The van der Waals surface area contributed by atoms with E-state index in [0.29, 0.717) is 23.6 Å². The molecule has 0 aromatic heterocycles. The summed E-state index contributed by atoms with van der Waals surface area (Å²) in [6.07, 6.45) is 1.76. The summed E-state index contributed by atoms with van der Waals surface area (Å²) in [5.74, 6) is 0.749. The van der Waals surface area contributed by atoms with Crippen LogP contribution in [-0.4, -0.2) is 41.3 Å². The molecule has 158 valence electrons. The third-order valence-corrected chi connectivity index (χ3v) is 5.74. The Labute approximate surface area is 172 Å². The Bertz CT molecular complexity index is 959. The van der Waals surface area contributed by atoms with E-state index in [1.54, 1.807) is 38.5 Å². The number of carbonyl (C=O) groups excluding carboxylic acids is 1. The zero-order chi connectivity index (χ0) is 21.6. The number of sulfonamides is 1. The Morgan fingerprint density at radius 2 is 1.76 bits per heavy atom. The average molecular weight is 421 g/mol. The number of carbonyl (C=O) groups is 1. The summed E-state index contributed by atoms with van der Waals surface area (Å²) in [5.41, 5.74) is 2.20. The lowest BCUT2D eigenvalue weighted by molar-refractivity contribution is -0.120. The van der Waals surface area contributed by atoms with E-state index in [-0.39, 0.29) is 12.6 Å². The molecule has 0 aliphatic carbocycles. The van der Waals surface area contributed by atoms with Crippen LogP contribution in [0.15, 0.2) is 42.5 Å². The van der Waals surface area contributed by atoms with Crippen LogP contribution in [0.5, 0.6) is 11.5 Å². The van der Waals surface area contributed by atoms with Gasteiger partial charge >= 0.3 is 0 Å². The number of anilines is 1. The summed E-state index contributed by atoms with van der Waals surface area (Å²) < 4.78 is 36.4. The van der Waals surface area contributed by atoms with Crippen molar-refractivity contribution in [1.82, 2.24) is 5.32 Å². The number of aryl methyl sites for hydroxylation is 1. The van der Waals surface area contributed by atoms with Crippen LogP contribution in [0.1, 0.15) is 31.0 Å². The Morgan fingerprint density at radius 3 is 2.34 bits per heavy atom. The minimum atomic E-state index is -3.63. The molecule has 1 amide bonds. The van der Waals surface area contributed by atoms with E-state index in [1.807, 2.05) is 32.0 Å². The molecule has 0 bridgehead atoms. The lowest BCUT2D eigenvalue weighted by atomic mass is 10.1. The van der Waals surface area contributed by atoms with Gasteiger partial charge in [0.1, 0.15) is 6.54 Å². The number of rotatable bonds is 9. The fourth-order valence-corrected chi connectivity index (χ4v) is 3.94. The first-order valence-corrected chi connectivity index (χ1v) is 11.1. The molecule has 0 aliphatic rings. The van der Waals surface area contributed by atoms with Gasteiger partial charge in [-0.2, -0.15) is 0 Å². The predicted molar refractivity (Wildman–Crippen MR) is 114 cm³/mol. The molecule has 8 heteroatoms. The summed E-state index contributed by atoms with van der Waals surface area (Å²) in [5, 5.41) is 2.85. The smallest absolute Gasteiger partial charge is 0.241 e. The third kappa shape index (κ3) is 5.63. The van der Waals surface area contributed by atoms with Crippen molar-refractivity contribution in [1.29, 1.82) is 0 Å². The van der Waals surface area contributed by atoms with Crippen LogP contribution in [0.4, 0.5) is 5.69 Å². The van der Waals surface area contributed by atoms with Crippen molar-refractivity contribution < 1.29 is 22.7 Å². The zero-order valence-electron chi connectivity index (χ0n) is 17.4. The first-order valence-electron chi connectivity index (χ1n) is 9.28. The van der Waals surface area contributed by atoms with E-state index in [0.717, 1.165) is 21.7 Å². The lowest BCUT2D eigenvalue weighted by Crippen LogP contribution is -2.41. The number of hydrogen-bond acceptors (Lipinski definition) is 5. The van der Waals surface area contributed by atoms with Crippen molar-refractivity contribution in [3.05, 3.63) is 53.6 Å². The van der Waals surface area contributed by atoms with E-state index in [9.17, 15) is 13.2 Å². The van der Waals surface area contributed by atoms with E-state index in [1.165, 1.54) is 0 Å². The van der Waals surface area contributed by atoms with Gasteiger partial charge in [0.2, 0.25) is 15.9 Å². The molecule has 1 atom stereocenters. The van der Waals surface area contributed by atoms with E-state index in [4.69, 9.17) is 9.47 Å². The number of hydrogen-bond donors (Lipinski definition) is 1. The fraction of sp³-hybridized carbons (Fsp3) is 0.381. The Balaban J connectivity index is 2.20. The Hall–Kier alpha value is -2.74. The van der Waals surface area contributed by atoms with Crippen molar-refractivity contribution in [2.45, 2.75) is 26.3 Å². The van der Waals surface area contributed by atoms with Gasteiger partial charge in [-0.05, 0) is 42.7 Å². The topological polar surface area (TPSA) is 84.9 Å². The minimum Gasteiger partial charge on any atom is -0.493 e. The number of nitrogens with zero attached hydrogens (tertiary/aromatic N) is 1. The molecule has 0 spiro atoms. The molecule has 2 rings (SSSR count). The van der Waals surface area contributed by atoms with Gasteiger partial charge in [0.15, 0.2) is 11.5 Å². The van der Waals surface area contributed by atoms with Crippen molar-refractivity contribution in [3.8, 4) is 11.5 Å². The van der Waals surface area contributed by atoms with Crippen LogP contribution in [-0.2, 0) is 21.2 Å². The van der Waals surface area contributed by atoms with Gasteiger partial charge in [0, 0.05) is 0 Å². The highest BCUT2D eigenvalue weighted by molar-refractivity contribution is 7.92. The number of ether oxygens (including phenoxy) is 2. The molecule has 0 heterocycles. The number of para-hydroxylation sites is 1. The normalized spacial score (nSPS) is 12.2. The number of methoxy groups -OCH3 is 2. The van der Waals surface area contributed by atoms with Gasteiger partial charge in [-0.3, -0.25) is 9.10 Å². The van der Waals surface area contributed by atoms with Crippen LogP contribution in [0.2, 0.25) is 0 Å². The van der Waals surface area contributed by atoms with Gasteiger partial charge < -0.3 is 14.8 Å². The molecule has 0 fully saturated rings. The second-order valence-electron chi connectivity index (χ2n) is 6.66. The predicted octanol–water partition coefficient (Wildman–Crippen LogP) is 2.91. The summed E-state index contributed by atoms with van der Waals surface area (Å²) in [6, 6.07) is 12.2. The maximum absolute atomic E-state index is 12.7. The molecule has 1 N–H and O–H groups in total. The maximum Gasteiger partial charge on any atom is 0.241 e. The second-order valence-corrected chi connectivity index (χ2v) is 8.56.